The first-order valence-electron chi connectivity index (χ1n) is 9.69. The Kier molecular flexibility index (Phi) is 5.56. The van der Waals surface area contributed by atoms with E-state index in [0.29, 0.717) is 23.9 Å². The van der Waals surface area contributed by atoms with Gasteiger partial charge in [-0.15, -0.1) is 0 Å². The summed E-state index contributed by atoms with van der Waals surface area (Å²) in [5, 5.41) is 7.63. The minimum absolute atomic E-state index is 0.138. The summed E-state index contributed by atoms with van der Waals surface area (Å²) in [7, 11) is 0. The summed E-state index contributed by atoms with van der Waals surface area (Å²) < 4.78 is 3.21. The number of aromatic nitrogens is 4. The topological polar surface area (TPSA) is 102 Å². The van der Waals surface area contributed by atoms with E-state index >= 15 is 0 Å². The maximum atomic E-state index is 12.2. The molecular weight excluding hydrogens is 382 g/mol. The average Bonchev–Trinajstić information content (AvgIpc) is 3.23. The van der Waals surface area contributed by atoms with Crippen molar-refractivity contribution in [1.82, 2.24) is 24.6 Å². The van der Waals surface area contributed by atoms with E-state index < -0.39 is 11.2 Å². The molecule has 0 saturated heterocycles. The second-order valence-corrected chi connectivity index (χ2v) is 6.91. The normalized spacial score (nSPS) is 10.9. The van der Waals surface area contributed by atoms with Gasteiger partial charge in [0, 0.05) is 25.7 Å². The minimum atomic E-state index is -0.514. The molecule has 1 amide bonds. The summed E-state index contributed by atoms with van der Waals surface area (Å²) in [5.41, 5.74) is 1.58. The fourth-order valence-electron chi connectivity index (χ4n) is 3.32. The monoisotopic (exact) mass is 403 g/mol. The van der Waals surface area contributed by atoms with E-state index in [-0.39, 0.29) is 18.9 Å². The molecule has 0 aliphatic heterocycles. The number of aryl methyl sites for hydroxylation is 1. The third kappa shape index (κ3) is 4.22. The summed E-state index contributed by atoms with van der Waals surface area (Å²) in [5.74, 6) is -0.160. The van der Waals surface area contributed by atoms with Crippen molar-refractivity contribution in [3.05, 3.63) is 93.4 Å². The molecule has 0 unspecified atom stereocenters. The van der Waals surface area contributed by atoms with E-state index in [1.54, 1.807) is 35.1 Å². The van der Waals surface area contributed by atoms with E-state index in [9.17, 15) is 14.4 Å². The number of carbonyl (C=O) groups excluding carboxylic acids is 1. The number of aromatic amines is 1. The molecule has 4 aromatic rings. The van der Waals surface area contributed by atoms with Gasteiger partial charge in [0.25, 0.3) is 5.56 Å². The molecule has 8 heteroatoms. The number of hydrogen-bond donors (Lipinski definition) is 2. The van der Waals surface area contributed by atoms with E-state index in [1.807, 2.05) is 36.5 Å². The number of carbonyl (C=O) groups is 1. The largest absolute Gasteiger partial charge is 0.356 e. The SMILES string of the molecule is O=C(CCn1c(=O)[nH]c(=O)c2ccccc21)NCCc1cnn(-c2ccccc2)c1. The van der Waals surface area contributed by atoms with Gasteiger partial charge in [-0.25, -0.2) is 9.48 Å². The molecule has 0 bridgehead atoms. The van der Waals surface area contributed by atoms with E-state index in [1.165, 1.54) is 4.57 Å². The van der Waals surface area contributed by atoms with Gasteiger partial charge in [-0.2, -0.15) is 5.10 Å². The third-order valence-corrected chi connectivity index (χ3v) is 4.86. The highest BCUT2D eigenvalue weighted by Gasteiger charge is 2.09. The van der Waals surface area contributed by atoms with E-state index in [0.717, 1.165) is 11.3 Å². The van der Waals surface area contributed by atoms with Crippen molar-refractivity contribution in [3.63, 3.8) is 0 Å². The molecule has 30 heavy (non-hydrogen) atoms. The molecule has 8 nitrogen and oxygen atoms in total. The molecule has 0 aliphatic rings. The Bertz CT molecular complexity index is 1290. The molecule has 0 atom stereocenters. The fourth-order valence-corrected chi connectivity index (χ4v) is 3.32. The summed E-state index contributed by atoms with van der Waals surface area (Å²) >= 11 is 0. The molecule has 0 saturated carbocycles. The smallest absolute Gasteiger partial charge is 0.328 e. The highest BCUT2D eigenvalue weighted by molar-refractivity contribution is 5.78. The van der Waals surface area contributed by atoms with Crippen LogP contribution in [-0.4, -0.2) is 31.8 Å². The van der Waals surface area contributed by atoms with E-state index in [4.69, 9.17) is 0 Å². The maximum Gasteiger partial charge on any atom is 0.328 e. The van der Waals surface area contributed by atoms with Crippen molar-refractivity contribution >= 4 is 16.8 Å². The molecule has 2 aromatic carbocycles. The Morgan fingerprint density at radius 2 is 1.80 bits per heavy atom. The first-order valence-corrected chi connectivity index (χ1v) is 9.69. The van der Waals surface area contributed by atoms with Crippen LogP contribution in [0.3, 0.4) is 0 Å². The Morgan fingerprint density at radius 1 is 1.03 bits per heavy atom. The zero-order valence-corrected chi connectivity index (χ0v) is 16.2. The fraction of sp³-hybridized carbons (Fsp3) is 0.182. The van der Waals surface area contributed by atoms with Crippen molar-refractivity contribution < 1.29 is 4.79 Å². The predicted molar refractivity (Wildman–Crippen MR) is 114 cm³/mol. The van der Waals surface area contributed by atoms with Crippen LogP contribution in [0, 0.1) is 0 Å². The van der Waals surface area contributed by atoms with Gasteiger partial charge in [0.15, 0.2) is 0 Å². The van der Waals surface area contributed by atoms with Gasteiger partial charge in [-0.3, -0.25) is 19.1 Å². The lowest BCUT2D eigenvalue weighted by Gasteiger charge is -2.09. The van der Waals surface area contributed by atoms with Gasteiger partial charge >= 0.3 is 5.69 Å². The first kappa shape index (κ1) is 19.4. The molecule has 0 aliphatic carbocycles. The Balaban J connectivity index is 1.32. The Hall–Kier alpha value is -3.94. The average molecular weight is 403 g/mol. The van der Waals surface area contributed by atoms with E-state index in [2.05, 4.69) is 15.4 Å². The Morgan fingerprint density at radius 3 is 2.63 bits per heavy atom. The highest BCUT2D eigenvalue weighted by Crippen LogP contribution is 2.08. The number of hydrogen-bond acceptors (Lipinski definition) is 4. The van der Waals surface area contributed by atoms with Crippen LogP contribution in [0.5, 0.6) is 0 Å². The number of para-hydroxylation sites is 2. The first-order chi connectivity index (χ1) is 14.6. The quantitative estimate of drug-likeness (QED) is 0.490. The molecule has 2 N–H and O–H groups in total. The van der Waals surface area contributed by atoms with Crippen LogP contribution < -0.4 is 16.6 Å². The van der Waals surface area contributed by atoms with Gasteiger partial charge in [-0.1, -0.05) is 30.3 Å². The molecule has 0 radical (unpaired) electrons. The lowest BCUT2D eigenvalue weighted by Crippen LogP contribution is -2.33. The predicted octanol–water partition coefficient (Wildman–Crippen LogP) is 1.62. The molecule has 0 fully saturated rings. The van der Waals surface area contributed by atoms with Crippen molar-refractivity contribution in [1.29, 1.82) is 0 Å². The zero-order chi connectivity index (χ0) is 20.9. The molecule has 2 aromatic heterocycles. The van der Waals surface area contributed by atoms with Gasteiger partial charge in [-0.05, 0) is 36.2 Å². The number of amides is 1. The van der Waals surface area contributed by atoms with Gasteiger partial charge in [0.2, 0.25) is 5.91 Å². The Labute approximate surface area is 171 Å². The van der Waals surface area contributed by atoms with Crippen molar-refractivity contribution in [3.8, 4) is 5.69 Å². The van der Waals surface area contributed by atoms with Gasteiger partial charge < -0.3 is 5.32 Å². The zero-order valence-electron chi connectivity index (χ0n) is 16.2. The van der Waals surface area contributed by atoms with Crippen molar-refractivity contribution in [2.24, 2.45) is 0 Å². The number of nitrogens with zero attached hydrogens (tertiary/aromatic N) is 3. The molecule has 152 valence electrons. The van der Waals surface area contributed by atoms with Crippen molar-refractivity contribution in [2.45, 2.75) is 19.4 Å². The summed E-state index contributed by atoms with van der Waals surface area (Å²) in [6.07, 6.45) is 4.51. The maximum absolute atomic E-state index is 12.2. The van der Waals surface area contributed by atoms with Crippen LogP contribution in [0.25, 0.3) is 16.6 Å². The van der Waals surface area contributed by atoms with Crippen LogP contribution in [0.1, 0.15) is 12.0 Å². The van der Waals surface area contributed by atoms with Crippen LogP contribution in [-0.2, 0) is 17.8 Å². The number of rotatable bonds is 7. The van der Waals surface area contributed by atoms with Gasteiger partial charge in [0.05, 0.1) is 22.8 Å². The molecule has 4 rings (SSSR count). The van der Waals surface area contributed by atoms with Crippen LogP contribution in [0.2, 0.25) is 0 Å². The minimum Gasteiger partial charge on any atom is -0.356 e. The lowest BCUT2D eigenvalue weighted by atomic mass is 10.2. The number of fused-ring (bicyclic) bond motifs is 1. The molecule has 2 heterocycles. The standard InChI is InChI=1S/C22H21N5O3/c28-20(11-13-26-19-9-5-4-8-18(19)21(29)25-22(26)30)23-12-10-16-14-24-27(15-16)17-6-2-1-3-7-17/h1-9,14-15H,10-13H2,(H,23,28)(H,25,29,30). The number of nitrogens with one attached hydrogen (secondary N) is 2. The van der Waals surface area contributed by atoms with Crippen LogP contribution in [0.15, 0.2) is 76.6 Å². The van der Waals surface area contributed by atoms with Crippen LogP contribution >= 0.6 is 0 Å². The van der Waals surface area contributed by atoms with Crippen molar-refractivity contribution in [2.75, 3.05) is 6.54 Å². The second kappa shape index (κ2) is 8.60. The van der Waals surface area contributed by atoms with Crippen LogP contribution in [0.4, 0.5) is 0 Å². The number of benzene rings is 2. The summed E-state index contributed by atoms with van der Waals surface area (Å²) in [4.78, 5) is 38.6. The third-order valence-electron chi connectivity index (χ3n) is 4.86. The lowest BCUT2D eigenvalue weighted by molar-refractivity contribution is -0.121. The highest BCUT2D eigenvalue weighted by atomic mass is 16.2. The number of H-pyrrole nitrogens is 1. The van der Waals surface area contributed by atoms with Gasteiger partial charge in [0.1, 0.15) is 0 Å². The second-order valence-electron chi connectivity index (χ2n) is 6.91. The summed E-state index contributed by atoms with van der Waals surface area (Å²) in [6, 6.07) is 16.7. The molecule has 0 spiro atoms. The summed E-state index contributed by atoms with van der Waals surface area (Å²) in [6.45, 7) is 0.661. The molecular formula is C22H21N5O3.